The van der Waals surface area contributed by atoms with Crippen LogP contribution in [0.4, 0.5) is 5.69 Å². The molecule has 0 radical (unpaired) electrons. The van der Waals surface area contributed by atoms with Gasteiger partial charge >= 0.3 is 0 Å². The predicted octanol–water partition coefficient (Wildman–Crippen LogP) is 5.80. The molecule has 0 saturated carbocycles. The number of fused-ring (bicyclic) bond motifs is 1. The first-order valence-electron chi connectivity index (χ1n) is 10.1. The molecule has 0 bridgehead atoms. The van der Waals surface area contributed by atoms with E-state index in [4.69, 9.17) is 0 Å². The van der Waals surface area contributed by atoms with Crippen molar-refractivity contribution in [2.75, 3.05) is 19.0 Å². The molecule has 0 aliphatic heterocycles. The molecule has 1 N–H and O–H groups in total. The summed E-state index contributed by atoms with van der Waals surface area (Å²) in [5.41, 5.74) is 5.39. The number of nitrogens with zero attached hydrogens (tertiary/aromatic N) is 1. The molecule has 0 atom stereocenters. The van der Waals surface area contributed by atoms with E-state index < -0.39 is 0 Å². The molecule has 0 amide bonds. The SMILES string of the molecule is CN(C)c1ccc(Cc2ccc3ccc(C#CCc4ccccc4)cc3c2O)cc1. The van der Waals surface area contributed by atoms with Crippen LogP contribution in [0.15, 0.2) is 84.9 Å². The maximum atomic E-state index is 10.9. The first-order valence-corrected chi connectivity index (χ1v) is 10.1. The maximum absolute atomic E-state index is 10.9. The molecule has 0 aliphatic carbocycles. The van der Waals surface area contributed by atoms with E-state index in [1.165, 1.54) is 16.8 Å². The number of phenolic OH excluding ortho intramolecular Hbond substituents is 1. The molecule has 2 heteroatoms. The summed E-state index contributed by atoms with van der Waals surface area (Å²) < 4.78 is 0. The minimum Gasteiger partial charge on any atom is -0.507 e. The van der Waals surface area contributed by atoms with Gasteiger partial charge in [-0.2, -0.15) is 0 Å². The van der Waals surface area contributed by atoms with Gasteiger partial charge in [-0.1, -0.05) is 72.5 Å². The van der Waals surface area contributed by atoms with E-state index in [-0.39, 0.29) is 0 Å². The van der Waals surface area contributed by atoms with Crippen molar-refractivity contribution in [3.8, 4) is 17.6 Å². The third kappa shape index (κ3) is 4.47. The van der Waals surface area contributed by atoms with Crippen molar-refractivity contribution in [2.45, 2.75) is 12.8 Å². The molecule has 30 heavy (non-hydrogen) atoms. The summed E-state index contributed by atoms with van der Waals surface area (Å²) in [5.74, 6) is 6.81. The Morgan fingerprint density at radius 1 is 0.800 bits per heavy atom. The number of benzene rings is 4. The maximum Gasteiger partial charge on any atom is 0.126 e. The van der Waals surface area contributed by atoms with Crippen LogP contribution in [0.5, 0.6) is 5.75 Å². The summed E-state index contributed by atoms with van der Waals surface area (Å²) in [5, 5.41) is 12.8. The number of hydrogen-bond acceptors (Lipinski definition) is 2. The highest BCUT2D eigenvalue weighted by Gasteiger charge is 2.08. The van der Waals surface area contributed by atoms with Gasteiger partial charge in [0, 0.05) is 43.6 Å². The average molecular weight is 392 g/mol. The fourth-order valence-corrected chi connectivity index (χ4v) is 3.55. The normalized spacial score (nSPS) is 10.5. The molecule has 0 saturated heterocycles. The number of rotatable bonds is 4. The number of anilines is 1. The van der Waals surface area contributed by atoms with Gasteiger partial charge in [0.25, 0.3) is 0 Å². The molecule has 0 aliphatic rings. The summed E-state index contributed by atoms with van der Waals surface area (Å²) >= 11 is 0. The Balaban J connectivity index is 1.58. The Kier molecular flexibility index (Phi) is 5.72. The summed E-state index contributed by atoms with van der Waals surface area (Å²) in [6.45, 7) is 0. The second kappa shape index (κ2) is 8.76. The third-order valence-electron chi connectivity index (χ3n) is 5.29. The van der Waals surface area contributed by atoms with E-state index in [1.807, 2.05) is 56.6 Å². The monoisotopic (exact) mass is 391 g/mol. The highest BCUT2D eigenvalue weighted by atomic mass is 16.3. The minimum atomic E-state index is 0.343. The summed E-state index contributed by atoms with van der Waals surface area (Å²) in [7, 11) is 4.06. The van der Waals surface area contributed by atoms with Gasteiger partial charge in [0.05, 0.1) is 0 Å². The van der Waals surface area contributed by atoms with E-state index in [1.54, 1.807) is 0 Å². The fourth-order valence-electron chi connectivity index (χ4n) is 3.55. The van der Waals surface area contributed by atoms with E-state index in [2.05, 4.69) is 59.2 Å². The van der Waals surface area contributed by atoms with Crippen LogP contribution in [0.25, 0.3) is 10.8 Å². The molecular formula is C28H25NO. The lowest BCUT2D eigenvalue weighted by Crippen LogP contribution is -2.08. The van der Waals surface area contributed by atoms with Crippen LogP contribution < -0.4 is 4.90 Å². The van der Waals surface area contributed by atoms with Crippen molar-refractivity contribution in [3.63, 3.8) is 0 Å². The molecule has 4 aromatic carbocycles. The molecule has 0 fully saturated rings. The zero-order chi connectivity index (χ0) is 20.9. The topological polar surface area (TPSA) is 23.5 Å². The molecule has 148 valence electrons. The molecule has 4 aromatic rings. The van der Waals surface area contributed by atoms with Gasteiger partial charge in [-0.25, -0.2) is 0 Å². The first kappa shape index (κ1) is 19.6. The standard InChI is InChI=1S/C28H25NO/c1-29(2)26-17-12-23(13-18-26)19-25-16-15-24-14-11-22(20-27(24)28(25)30)10-6-9-21-7-4-3-5-8-21/h3-5,7-8,11-18,20,30H,9,19H2,1-2H3. The molecule has 0 spiro atoms. The van der Waals surface area contributed by atoms with E-state index >= 15 is 0 Å². The molecule has 0 unspecified atom stereocenters. The van der Waals surface area contributed by atoms with Crippen molar-refractivity contribution in [1.29, 1.82) is 0 Å². The zero-order valence-corrected chi connectivity index (χ0v) is 17.4. The number of hydrogen-bond donors (Lipinski definition) is 1. The molecule has 4 rings (SSSR count). The van der Waals surface area contributed by atoms with Gasteiger partial charge < -0.3 is 10.0 Å². The van der Waals surface area contributed by atoms with Crippen LogP contribution in [0, 0.1) is 11.8 Å². The summed E-state index contributed by atoms with van der Waals surface area (Å²) in [4.78, 5) is 2.08. The van der Waals surface area contributed by atoms with E-state index in [0.717, 1.165) is 21.9 Å². The molecular weight excluding hydrogens is 366 g/mol. The first-order chi connectivity index (χ1) is 14.6. The fraction of sp³-hybridized carbons (Fsp3) is 0.143. The van der Waals surface area contributed by atoms with Crippen LogP contribution in [-0.2, 0) is 12.8 Å². The van der Waals surface area contributed by atoms with Gasteiger partial charge in [0.15, 0.2) is 0 Å². The lowest BCUT2D eigenvalue weighted by Gasteiger charge is -2.13. The average Bonchev–Trinajstić information content (AvgIpc) is 2.77. The lowest BCUT2D eigenvalue weighted by atomic mass is 9.98. The predicted molar refractivity (Wildman–Crippen MR) is 126 cm³/mol. The van der Waals surface area contributed by atoms with E-state index in [9.17, 15) is 5.11 Å². The Morgan fingerprint density at radius 2 is 1.53 bits per heavy atom. The van der Waals surface area contributed by atoms with Crippen LogP contribution in [0.1, 0.15) is 22.3 Å². The van der Waals surface area contributed by atoms with Gasteiger partial charge in [0.1, 0.15) is 5.75 Å². The van der Waals surface area contributed by atoms with Crippen LogP contribution >= 0.6 is 0 Å². The summed E-state index contributed by atoms with van der Waals surface area (Å²) in [6, 6.07) is 28.8. The smallest absolute Gasteiger partial charge is 0.126 e. The van der Waals surface area contributed by atoms with Crippen molar-refractivity contribution < 1.29 is 5.11 Å². The quantitative estimate of drug-likeness (QED) is 0.445. The van der Waals surface area contributed by atoms with Gasteiger partial charge in [-0.05, 0) is 46.3 Å². The second-order valence-electron chi connectivity index (χ2n) is 7.71. The molecule has 2 nitrogen and oxygen atoms in total. The van der Waals surface area contributed by atoms with Crippen LogP contribution in [0.3, 0.4) is 0 Å². The van der Waals surface area contributed by atoms with Crippen LogP contribution in [-0.4, -0.2) is 19.2 Å². The number of phenols is 1. The highest BCUT2D eigenvalue weighted by Crippen LogP contribution is 2.31. The Labute approximate surface area is 178 Å². The van der Waals surface area contributed by atoms with Crippen LogP contribution in [0.2, 0.25) is 0 Å². The Bertz CT molecular complexity index is 1210. The largest absolute Gasteiger partial charge is 0.507 e. The van der Waals surface area contributed by atoms with Gasteiger partial charge in [-0.15, -0.1) is 0 Å². The molecule has 0 aromatic heterocycles. The van der Waals surface area contributed by atoms with Crippen molar-refractivity contribution in [2.24, 2.45) is 0 Å². The third-order valence-corrected chi connectivity index (χ3v) is 5.29. The number of aromatic hydroxyl groups is 1. The second-order valence-corrected chi connectivity index (χ2v) is 7.71. The van der Waals surface area contributed by atoms with E-state index in [0.29, 0.717) is 18.6 Å². The van der Waals surface area contributed by atoms with Crippen molar-refractivity contribution in [1.82, 2.24) is 0 Å². The van der Waals surface area contributed by atoms with Crippen molar-refractivity contribution >= 4 is 16.5 Å². The van der Waals surface area contributed by atoms with Gasteiger partial charge in [-0.3, -0.25) is 0 Å². The van der Waals surface area contributed by atoms with Gasteiger partial charge in [0.2, 0.25) is 0 Å². The lowest BCUT2D eigenvalue weighted by molar-refractivity contribution is 0.476. The zero-order valence-electron chi connectivity index (χ0n) is 17.4. The Morgan fingerprint density at radius 3 is 2.27 bits per heavy atom. The summed E-state index contributed by atoms with van der Waals surface area (Å²) in [6.07, 6.45) is 1.41. The minimum absolute atomic E-state index is 0.343. The Hall–Kier alpha value is -3.70. The highest BCUT2D eigenvalue weighted by molar-refractivity contribution is 5.90. The molecule has 0 heterocycles. The van der Waals surface area contributed by atoms with Crippen molar-refractivity contribution in [3.05, 3.63) is 107 Å².